The van der Waals surface area contributed by atoms with Gasteiger partial charge in [-0.3, -0.25) is 4.98 Å². The SMILES string of the molecule is CS(=O)(=O)NCC1COCCN1C(=O)Nc1ccc2cnccc2c1. The van der Waals surface area contributed by atoms with Crippen molar-refractivity contribution in [3.05, 3.63) is 36.7 Å². The van der Waals surface area contributed by atoms with Gasteiger partial charge in [0.2, 0.25) is 10.0 Å². The lowest BCUT2D eigenvalue weighted by Crippen LogP contribution is -2.54. The average Bonchev–Trinajstić information content (AvgIpc) is 2.59. The van der Waals surface area contributed by atoms with Gasteiger partial charge in [-0.1, -0.05) is 6.07 Å². The van der Waals surface area contributed by atoms with Crippen molar-refractivity contribution in [2.45, 2.75) is 6.04 Å². The molecule has 3 rings (SSSR count). The monoisotopic (exact) mass is 364 g/mol. The molecule has 1 aliphatic heterocycles. The van der Waals surface area contributed by atoms with Gasteiger partial charge < -0.3 is 15.0 Å². The van der Waals surface area contributed by atoms with E-state index < -0.39 is 10.0 Å². The smallest absolute Gasteiger partial charge is 0.322 e. The number of rotatable bonds is 4. The summed E-state index contributed by atoms with van der Waals surface area (Å²) in [5, 5.41) is 4.83. The zero-order valence-electron chi connectivity index (χ0n) is 13.8. The van der Waals surface area contributed by atoms with Gasteiger partial charge in [0.1, 0.15) is 0 Å². The van der Waals surface area contributed by atoms with Gasteiger partial charge in [-0.25, -0.2) is 17.9 Å². The van der Waals surface area contributed by atoms with Crippen molar-refractivity contribution >= 4 is 32.5 Å². The summed E-state index contributed by atoms with van der Waals surface area (Å²) < 4.78 is 30.4. The third kappa shape index (κ3) is 4.65. The predicted molar refractivity (Wildman–Crippen MR) is 94.9 cm³/mol. The topological polar surface area (TPSA) is 101 Å². The molecule has 134 valence electrons. The molecule has 1 unspecified atom stereocenters. The third-order valence-electron chi connectivity index (χ3n) is 3.96. The Kier molecular flexibility index (Phi) is 5.16. The van der Waals surface area contributed by atoms with E-state index in [1.807, 2.05) is 24.3 Å². The summed E-state index contributed by atoms with van der Waals surface area (Å²) in [6.45, 7) is 1.24. The highest BCUT2D eigenvalue weighted by Crippen LogP contribution is 2.19. The van der Waals surface area contributed by atoms with Crippen molar-refractivity contribution < 1.29 is 17.9 Å². The minimum absolute atomic E-state index is 0.121. The highest BCUT2D eigenvalue weighted by Gasteiger charge is 2.28. The van der Waals surface area contributed by atoms with E-state index in [-0.39, 0.29) is 18.6 Å². The van der Waals surface area contributed by atoms with Crippen LogP contribution in [0.25, 0.3) is 10.8 Å². The number of pyridine rings is 1. The molecular formula is C16H20N4O4S. The summed E-state index contributed by atoms with van der Waals surface area (Å²) in [7, 11) is -3.33. The lowest BCUT2D eigenvalue weighted by molar-refractivity contribution is 0.0176. The Morgan fingerprint density at radius 1 is 1.36 bits per heavy atom. The molecule has 0 radical (unpaired) electrons. The van der Waals surface area contributed by atoms with Crippen LogP contribution in [0, 0.1) is 0 Å². The van der Waals surface area contributed by atoms with Crippen LogP contribution >= 0.6 is 0 Å². The fourth-order valence-corrected chi connectivity index (χ4v) is 3.19. The molecule has 1 fully saturated rings. The molecule has 25 heavy (non-hydrogen) atoms. The predicted octanol–water partition coefficient (Wildman–Crippen LogP) is 1.02. The van der Waals surface area contributed by atoms with Crippen LogP contribution in [0.5, 0.6) is 0 Å². The number of nitrogens with zero attached hydrogens (tertiary/aromatic N) is 2. The zero-order chi connectivity index (χ0) is 17.9. The molecule has 1 aromatic heterocycles. The number of aromatic nitrogens is 1. The van der Waals surface area contributed by atoms with Crippen molar-refractivity contribution in [2.24, 2.45) is 0 Å². The molecule has 2 amide bonds. The zero-order valence-corrected chi connectivity index (χ0v) is 14.6. The Balaban J connectivity index is 1.70. The maximum Gasteiger partial charge on any atom is 0.322 e. The van der Waals surface area contributed by atoms with E-state index in [9.17, 15) is 13.2 Å². The van der Waals surface area contributed by atoms with Gasteiger partial charge in [0.15, 0.2) is 0 Å². The molecule has 1 aromatic carbocycles. The number of carbonyl (C=O) groups excluding carboxylic acids is 1. The quantitative estimate of drug-likeness (QED) is 0.843. The van der Waals surface area contributed by atoms with E-state index >= 15 is 0 Å². The summed E-state index contributed by atoms with van der Waals surface area (Å²) in [5.41, 5.74) is 0.671. The van der Waals surface area contributed by atoms with Gasteiger partial charge in [0, 0.05) is 36.6 Å². The van der Waals surface area contributed by atoms with Crippen molar-refractivity contribution in [2.75, 3.05) is 37.9 Å². The molecule has 0 bridgehead atoms. The second kappa shape index (κ2) is 7.34. The lowest BCUT2D eigenvalue weighted by Gasteiger charge is -2.35. The molecule has 2 aromatic rings. The maximum absolute atomic E-state index is 12.6. The molecule has 2 heterocycles. The Bertz CT molecular complexity index is 871. The van der Waals surface area contributed by atoms with E-state index in [0.717, 1.165) is 17.0 Å². The molecule has 8 nitrogen and oxygen atoms in total. The van der Waals surface area contributed by atoms with Gasteiger partial charge >= 0.3 is 6.03 Å². The minimum Gasteiger partial charge on any atom is -0.377 e. The Morgan fingerprint density at radius 3 is 3.00 bits per heavy atom. The number of carbonyl (C=O) groups is 1. The van der Waals surface area contributed by atoms with E-state index in [4.69, 9.17) is 4.74 Å². The fourth-order valence-electron chi connectivity index (χ4n) is 2.70. The largest absolute Gasteiger partial charge is 0.377 e. The Hall–Kier alpha value is -2.23. The van der Waals surface area contributed by atoms with Gasteiger partial charge in [0.25, 0.3) is 0 Å². The molecule has 9 heteroatoms. The average molecular weight is 364 g/mol. The summed E-state index contributed by atoms with van der Waals surface area (Å²) in [6, 6.07) is 6.81. The normalized spacial score (nSPS) is 18.3. The standard InChI is InChI=1S/C16H20N4O4S/c1-25(22,23)18-10-15-11-24-7-6-20(15)16(21)19-14-3-2-13-9-17-5-4-12(13)8-14/h2-5,8-9,15,18H,6-7,10-11H2,1H3,(H,19,21). The first-order chi connectivity index (χ1) is 11.9. The fraction of sp³-hybridized carbons (Fsp3) is 0.375. The second-order valence-electron chi connectivity index (χ2n) is 5.91. The summed E-state index contributed by atoms with van der Waals surface area (Å²) in [5.74, 6) is 0. The van der Waals surface area contributed by atoms with Gasteiger partial charge in [-0.2, -0.15) is 0 Å². The highest BCUT2D eigenvalue weighted by atomic mass is 32.2. The van der Waals surface area contributed by atoms with Crippen molar-refractivity contribution in [1.29, 1.82) is 0 Å². The van der Waals surface area contributed by atoms with Crippen molar-refractivity contribution in [3.8, 4) is 0 Å². The van der Waals surface area contributed by atoms with Crippen LogP contribution in [0.15, 0.2) is 36.7 Å². The van der Waals surface area contributed by atoms with Crippen LogP contribution < -0.4 is 10.0 Å². The first-order valence-corrected chi connectivity index (χ1v) is 9.75. The van der Waals surface area contributed by atoms with Gasteiger partial charge in [-0.05, 0) is 23.6 Å². The van der Waals surface area contributed by atoms with E-state index in [0.29, 0.717) is 25.4 Å². The number of amides is 2. The number of ether oxygens (including phenoxy) is 1. The third-order valence-corrected chi connectivity index (χ3v) is 4.65. The number of urea groups is 1. The molecule has 0 saturated carbocycles. The van der Waals surface area contributed by atoms with Gasteiger partial charge in [0.05, 0.1) is 25.5 Å². The number of sulfonamides is 1. The first kappa shape index (κ1) is 17.6. The Labute approximate surface area is 146 Å². The lowest BCUT2D eigenvalue weighted by atomic mass is 10.1. The molecule has 0 aliphatic carbocycles. The second-order valence-corrected chi connectivity index (χ2v) is 7.74. The van der Waals surface area contributed by atoms with Crippen LogP contribution in [0.1, 0.15) is 0 Å². The summed E-state index contributed by atoms with van der Waals surface area (Å²) in [4.78, 5) is 18.3. The summed E-state index contributed by atoms with van der Waals surface area (Å²) >= 11 is 0. The summed E-state index contributed by atoms with van der Waals surface area (Å²) in [6.07, 6.45) is 4.55. The van der Waals surface area contributed by atoms with Crippen LogP contribution in [0.2, 0.25) is 0 Å². The number of fused-ring (bicyclic) bond motifs is 1. The minimum atomic E-state index is -3.33. The number of hydrogen-bond acceptors (Lipinski definition) is 5. The molecule has 0 spiro atoms. The maximum atomic E-state index is 12.6. The highest BCUT2D eigenvalue weighted by molar-refractivity contribution is 7.88. The number of benzene rings is 1. The number of hydrogen-bond donors (Lipinski definition) is 2. The van der Waals surface area contributed by atoms with Gasteiger partial charge in [-0.15, -0.1) is 0 Å². The van der Waals surface area contributed by atoms with Crippen LogP contribution in [-0.2, 0) is 14.8 Å². The first-order valence-electron chi connectivity index (χ1n) is 7.86. The van der Waals surface area contributed by atoms with Crippen molar-refractivity contribution in [3.63, 3.8) is 0 Å². The van der Waals surface area contributed by atoms with E-state index in [1.165, 1.54) is 0 Å². The van der Waals surface area contributed by atoms with Crippen LogP contribution in [0.3, 0.4) is 0 Å². The molecule has 1 saturated heterocycles. The molecule has 2 N–H and O–H groups in total. The van der Waals surface area contributed by atoms with E-state index in [2.05, 4.69) is 15.0 Å². The van der Waals surface area contributed by atoms with Crippen molar-refractivity contribution in [1.82, 2.24) is 14.6 Å². The molecule has 1 aliphatic rings. The Morgan fingerprint density at radius 2 is 2.20 bits per heavy atom. The van der Waals surface area contributed by atoms with E-state index in [1.54, 1.807) is 17.3 Å². The van der Waals surface area contributed by atoms with Crippen LogP contribution in [0.4, 0.5) is 10.5 Å². The number of nitrogens with one attached hydrogen (secondary N) is 2. The molecule has 1 atom stereocenters. The van der Waals surface area contributed by atoms with Crippen LogP contribution in [-0.4, -0.2) is 62.9 Å². The molecular weight excluding hydrogens is 344 g/mol. The number of morpholine rings is 1. The number of anilines is 1.